The number of aliphatic hydroxyl groups excluding tert-OH is 1. The van der Waals surface area contributed by atoms with E-state index in [1.54, 1.807) is 14.0 Å². The molecular formula is C15H22O4. The number of carboxylic acid groups (broad SMARTS) is 1. The monoisotopic (exact) mass is 266 g/mol. The molecule has 0 aromatic heterocycles. The number of methoxy groups -OCH3 is 1. The van der Waals surface area contributed by atoms with Crippen LogP contribution in [0, 0.1) is 20.8 Å². The van der Waals surface area contributed by atoms with Crippen molar-refractivity contribution in [1.82, 2.24) is 0 Å². The quantitative estimate of drug-likeness (QED) is 0.858. The second-order valence-corrected chi connectivity index (χ2v) is 5.13. The first kappa shape index (κ1) is 15.5. The van der Waals surface area contributed by atoms with E-state index in [0.717, 1.165) is 28.0 Å². The smallest absolute Gasteiger partial charge is 0.313 e. The Labute approximate surface area is 114 Å². The van der Waals surface area contributed by atoms with Gasteiger partial charge in [0.15, 0.2) is 0 Å². The van der Waals surface area contributed by atoms with Crippen LogP contribution in [0.3, 0.4) is 0 Å². The first-order chi connectivity index (χ1) is 8.79. The summed E-state index contributed by atoms with van der Waals surface area (Å²) in [6, 6.07) is 1.86. The molecule has 1 atom stereocenters. The fourth-order valence-corrected chi connectivity index (χ4v) is 2.67. The fourth-order valence-electron chi connectivity index (χ4n) is 2.67. The van der Waals surface area contributed by atoms with Crippen LogP contribution in [0.15, 0.2) is 6.07 Å². The minimum Gasteiger partial charge on any atom is -0.496 e. The molecule has 1 rings (SSSR count). The maximum absolute atomic E-state index is 11.6. The first-order valence-electron chi connectivity index (χ1n) is 6.29. The second kappa shape index (κ2) is 5.61. The van der Waals surface area contributed by atoms with Gasteiger partial charge >= 0.3 is 5.97 Å². The van der Waals surface area contributed by atoms with Crippen LogP contribution in [0.25, 0.3) is 0 Å². The van der Waals surface area contributed by atoms with Gasteiger partial charge in [-0.05, 0) is 62.4 Å². The highest BCUT2D eigenvalue weighted by atomic mass is 16.5. The Morgan fingerprint density at radius 3 is 2.32 bits per heavy atom. The molecule has 4 nitrogen and oxygen atoms in total. The topological polar surface area (TPSA) is 66.8 Å². The van der Waals surface area contributed by atoms with Crippen molar-refractivity contribution in [3.63, 3.8) is 0 Å². The lowest BCUT2D eigenvalue weighted by Crippen LogP contribution is -2.35. The van der Waals surface area contributed by atoms with Crippen LogP contribution in [-0.2, 0) is 10.2 Å². The molecule has 0 aliphatic rings. The van der Waals surface area contributed by atoms with E-state index in [2.05, 4.69) is 0 Å². The normalized spacial score (nSPS) is 14.0. The van der Waals surface area contributed by atoms with Gasteiger partial charge in [0.05, 0.1) is 12.5 Å². The SMILES string of the molecule is COc1cc(C)c(C(C)(CCO)C(=O)O)c(C)c1C. The highest BCUT2D eigenvalue weighted by Gasteiger charge is 2.37. The molecule has 1 aromatic rings. The van der Waals surface area contributed by atoms with Crippen LogP contribution in [0.1, 0.15) is 35.6 Å². The van der Waals surface area contributed by atoms with E-state index in [4.69, 9.17) is 4.74 Å². The van der Waals surface area contributed by atoms with Crippen LogP contribution >= 0.6 is 0 Å². The molecule has 0 spiro atoms. The van der Waals surface area contributed by atoms with Crippen molar-refractivity contribution >= 4 is 5.97 Å². The molecule has 0 bridgehead atoms. The molecule has 1 aromatic carbocycles. The Balaban J connectivity index is 3.57. The summed E-state index contributed by atoms with van der Waals surface area (Å²) in [6.07, 6.45) is 0.190. The lowest BCUT2D eigenvalue weighted by Gasteiger charge is -2.29. The third kappa shape index (κ3) is 2.59. The number of ether oxygens (including phenoxy) is 1. The van der Waals surface area contributed by atoms with Crippen LogP contribution in [0.5, 0.6) is 5.75 Å². The Morgan fingerprint density at radius 1 is 1.32 bits per heavy atom. The summed E-state index contributed by atoms with van der Waals surface area (Å²) in [7, 11) is 1.60. The average Bonchev–Trinajstić information content (AvgIpc) is 2.34. The molecule has 0 amide bonds. The predicted octanol–water partition coefficient (Wildman–Crippen LogP) is 2.35. The first-order valence-corrected chi connectivity index (χ1v) is 6.29. The van der Waals surface area contributed by atoms with Gasteiger partial charge in [-0.2, -0.15) is 0 Å². The van der Waals surface area contributed by atoms with Crippen molar-refractivity contribution in [3.05, 3.63) is 28.3 Å². The third-order valence-electron chi connectivity index (χ3n) is 3.90. The Bertz CT molecular complexity index is 493. The largest absolute Gasteiger partial charge is 0.496 e. The van der Waals surface area contributed by atoms with E-state index in [9.17, 15) is 15.0 Å². The summed E-state index contributed by atoms with van der Waals surface area (Å²) in [6.45, 7) is 7.19. The van der Waals surface area contributed by atoms with Gasteiger partial charge in [-0.25, -0.2) is 0 Å². The number of carboxylic acids is 1. The van der Waals surface area contributed by atoms with Crippen LogP contribution in [0.4, 0.5) is 0 Å². The molecule has 0 aliphatic heterocycles. The van der Waals surface area contributed by atoms with Gasteiger partial charge in [-0.1, -0.05) is 0 Å². The van der Waals surface area contributed by atoms with E-state index < -0.39 is 11.4 Å². The molecule has 106 valence electrons. The molecule has 0 fully saturated rings. The van der Waals surface area contributed by atoms with Gasteiger partial charge in [0.1, 0.15) is 5.75 Å². The fraction of sp³-hybridized carbons (Fsp3) is 0.533. The number of rotatable bonds is 5. The summed E-state index contributed by atoms with van der Waals surface area (Å²) in [4.78, 5) is 11.6. The lowest BCUT2D eigenvalue weighted by atomic mass is 9.74. The van der Waals surface area contributed by atoms with Crippen molar-refractivity contribution in [3.8, 4) is 5.75 Å². The molecule has 0 saturated carbocycles. The summed E-state index contributed by atoms with van der Waals surface area (Å²) < 4.78 is 5.30. The second-order valence-electron chi connectivity index (χ2n) is 5.13. The van der Waals surface area contributed by atoms with Crippen molar-refractivity contribution in [2.75, 3.05) is 13.7 Å². The maximum atomic E-state index is 11.6. The third-order valence-corrected chi connectivity index (χ3v) is 3.90. The number of aliphatic hydroxyl groups is 1. The Morgan fingerprint density at radius 2 is 1.89 bits per heavy atom. The molecule has 2 N–H and O–H groups in total. The summed E-state index contributed by atoms with van der Waals surface area (Å²) in [5.74, 6) is -0.159. The number of hydrogen-bond acceptors (Lipinski definition) is 3. The van der Waals surface area contributed by atoms with Crippen LogP contribution in [0.2, 0.25) is 0 Å². The highest BCUT2D eigenvalue weighted by Crippen LogP contribution is 2.37. The molecule has 19 heavy (non-hydrogen) atoms. The van der Waals surface area contributed by atoms with E-state index in [1.165, 1.54) is 0 Å². The molecular weight excluding hydrogens is 244 g/mol. The molecule has 1 unspecified atom stereocenters. The van der Waals surface area contributed by atoms with Crippen LogP contribution in [-0.4, -0.2) is 29.9 Å². The van der Waals surface area contributed by atoms with Crippen LogP contribution < -0.4 is 4.74 Å². The van der Waals surface area contributed by atoms with Crippen molar-refractivity contribution in [2.24, 2.45) is 0 Å². The van der Waals surface area contributed by atoms with E-state index in [0.29, 0.717) is 0 Å². The van der Waals surface area contributed by atoms with Gasteiger partial charge in [0.2, 0.25) is 0 Å². The van der Waals surface area contributed by atoms with E-state index in [-0.39, 0.29) is 13.0 Å². The number of carbonyl (C=O) groups is 1. The number of aliphatic carboxylic acids is 1. The number of aryl methyl sites for hydroxylation is 1. The minimum absolute atomic E-state index is 0.160. The summed E-state index contributed by atoms with van der Waals surface area (Å²) in [5, 5.41) is 18.7. The maximum Gasteiger partial charge on any atom is 0.313 e. The van der Waals surface area contributed by atoms with Crippen molar-refractivity contribution in [2.45, 2.75) is 39.5 Å². The number of hydrogen-bond donors (Lipinski definition) is 2. The molecule has 0 heterocycles. The minimum atomic E-state index is -1.08. The average molecular weight is 266 g/mol. The zero-order chi connectivity index (χ0) is 14.8. The zero-order valence-corrected chi connectivity index (χ0v) is 12.2. The van der Waals surface area contributed by atoms with Gasteiger partial charge in [-0.15, -0.1) is 0 Å². The van der Waals surface area contributed by atoms with Crippen molar-refractivity contribution in [1.29, 1.82) is 0 Å². The molecule has 4 heteroatoms. The summed E-state index contributed by atoms with van der Waals surface area (Å²) >= 11 is 0. The van der Waals surface area contributed by atoms with Gasteiger partial charge in [-0.3, -0.25) is 4.79 Å². The standard InChI is InChI=1S/C15H22O4/c1-9-8-12(19-5)10(2)11(3)13(9)15(4,6-7-16)14(17)18/h8,16H,6-7H2,1-5H3,(H,17,18). The van der Waals surface area contributed by atoms with E-state index in [1.807, 2.05) is 26.8 Å². The zero-order valence-electron chi connectivity index (χ0n) is 12.2. The summed E-state index contributed by atoms with van der Waals surface area (Å²) in [5.41, 5.74) is 2.41. The number of benzene rings is 1. The highest BCUT2D eigenvalue weighted by molar-refractivity contribution is 5.82. The molecule has 0 radical (unpaired) electrons. The Kier molecular flexibility index (Phi) is 4.58. The Hall–Kier alpha value is -1.55. The van der Waals surface area contributed by atoms with Gasteiger partial charge in [0.25, 0.3) is 0 Å². The lowest BCUT2D eigenvalue weighted by molar-refractivity contribution is -0.143. The van der Waals surface area contributed by atoms with Gasteiger partial charge in [0, 0.05) is 6.61 Å². The van der Waals surface area contributed by atoms with Crippen molar-refractivity contribution < 1.29 is 19.7 Å². The molecule has 0 saturated heterocycles. The predicted molar refractivity (Wildman–Crippen MR) is 73.9 cm³/mol. The molecule has 0 aliphatic carbocycles. The van der Waals surface area contributed by atoms with E-state index >= 15 is 0 Å². The van der Waals surface area contributed by atoms with Gasteiger partial charge < -0.3 is 14.9 Å².